The zero-order valence-electron chi connectivity index (χ0n) is 14.1. The molecule has 1 aromatic heterocycles. The van der Waals surface area contributed by atoms with Crippen LogP contribution < -0.4 is 11.1 Å². The molecule has 0 aliphatic carbocycles. The van der Waals surface area contributed by atoms with Crippen LogP contribution in [0.1, 0.15) is 20.7 Å². The summed E-state index contributed by atoms with van der Waals surface area (Å²) >= 11 is 0. The van der Waals surface area contributed by atoms with Gasteiger partial charge in [-0.05, 0) is 36.4 Å². The molecular formula is C19H16N4O4. The maximum Gasteiger partial charge on any atom is 0.338 e. The molecule has 0 spiro atoms. The van der Waals surface area contributed by atoms with Crippen LogP contribution in [0.15, 0.2) is 60.9 Å². The lowest BCUT2D eigenvalue weighted by atomic mass is 10.1. The predicted octanol–water partition coefficient (Wildman–Crippen LogP) is 1.97. The third-order valence-corrected chi connectivity index (χ3v) is 3.68. The largest absolute Gasteiger partial charge is 0.452 e. The number of nitrogens with two attached hydrogens (primary N) is 1. The Hall–Kier alpha value is -3.94. The van der Waals surface area contributed by atoms with Gasteiger partial charge in [0.15, 0.2) is 6.61 Å². The van der Waals surface area contributed by atoms with Gasteiger partial charge in [0.1, 0.15) is 5.82 Å². The van der Waals surface area contributed by atoms with Crippen LogP contribution in [-0.4, -0.2) is 34.4 Å². The Labute approximate surface area is 154 Å². The summed E-state index contributed by atoms with van der Waals surface area (Å²) in [7, 11) is 0. The van der Waals surface area contributed by atoms with Crippen molar-refractivity contribution in [3.8, 4) is 11.4 Å². The molecule has 136 valence electrons. The van der Waals surface area contributed by atoms with E-state index in [1.165, 1.54) is 24.3 Å². The SMILES string of the molecule is NC(=O)c1ccc(NC(=O)COC(=O)c2ccc(-c3ncc[nH]3)cc2)cc1. The van der Waals surface area contributed by atoms with Gasteiger partial charge < -0.3 is 20.8 Å². The van der Waals surface area contributed by atoms with Crippen molar-refractivity contribution in [2.45, 2.75) is 0 Å². The number of aromatic amines is 1. The average Bonchev–Trinajstić information content (AvgIpc) is 3.21. The van der Waals surface area contributed by atoms with E-state index in [1.807, 2.05) is 0 Å². The van der Waals surface area contributed by atoms with Gasteiger partial charge in [-0.2, -0.15) is 0 Å². The number of benzene rings is 2. The number of nitrogens with zero attached hydrogens (tertiary/aromatic N) is 1. The molecule has 27 heavy (non-hydrogen) atoms. The Morgan fingerprint density at radius 1 is 1.00 bits per heavy atom. The quantitative estimate of drug-likeness (QED) is 0.576. The topological polar surface area (TPSA) is 127 Å². The van der Waals surface area contributed by atoms with Crippen LogP contribution in [0.25, 0.3) is 11.4 Å². The van der Waals surface area contributed by atoms with Crippen molar-refractivity contribution in [2.24, 2.45) is 5.73 Å². The van der Waals surface area contributed by atoms with E-state index in [0.29, 0.717) is 22.6 Å². The van der Waals surface area contributed by atoms with E-state index in [0.717, 1.165) is 5.56 Å². The number of rotatable bonds is 6. The van der Waals surface area contributed by atoms with Crippen molar-refractivity contribution in [2.75, 3.05) is 11.9 Å². The molecule has 0 unspecified atom stereocenters. The predicted molar refractivity (Wildman–Crippen MR) is 97.9 cm³/mol. The standard InChI is InChI=1S/C19H16N4O4/c20-17(25)12-5-7-15(8-6-12)23-16(24)11-27-19(26)14-3-1-13(2-4-14)18-21-9-10-22-18/h1-10H,11H2,(H2,20,25)(H,21,22)(H,23,24). The molecule has 2 amide bonds. The highest BCUT2D eigenvalue weighted by Crippen LogP contribution is 2.15. The van der Waals surface area contributed by atoms with Crippen molar-refractivity contribution >= 4 is 23.5 Å². The summed E-state index contributed by atoms with van der Waals surface area (Å²) in [6.45, 7) is -0.434. The van der Waals surface area contributed by atoms with E-state index in [9.17, 15) is 14.4 Å². The molecular weight excluding hydrogens is 348 g/mol. The number of H-pyrrole nitrogens is 1. The lowest BCUT2D eigenvalue weighted by molar-refractivity contribution is -0.119. The number of carbonyl (C=O) groups is 3. The van der Waals surface area contributed by atoms with Gasteiger partial charge in [-0.15, -0.1) is 0 Å². The van der Waals surface area contributed by atoms with Crippen LogP contribution in [0, 0.1) is 0 Å². The Balaban J connectivity index is 1.52. The van der Waals surface area contributed by atoms with Crippen LogP contribution in [-0.2, 0) is 9.53 Å². The normalized spacial score (nSPS) is 10.2. The molecule has 0 bridgehead atoms. The van der Waals surface area contributed by atoms with Crippen molar-refractivity contribution < 1.29 is 19.1 Å². The maximum absolute atomic E-state index is 12.0. The zero-order valence-corrected chi connectivity index (χ0v) is 14.1. The number of hydrogen-bond donors (Lipinski definition) is 3. The van der Waals surface area contributed by atoms with E-state index in [1.54, 1.807) is 36.7 Å². The van der Waals surface area contributed by atoms with E-state index < -0.39 is 24.4 Å². The highest BCUT2D eigenvalue weighted by atomic mass is 16.5. The van der Waals surface area contributed by atoms with Crippen molar-refractivity contribution in [1.29, 1.82) is 0 Å². The summed E-state index contributed by atoms with van der Waals surface area (Å²) in [5.74, 6) is -0.973. The molecule has 2 aromatic carbocycles. The Kier molecular flexibility index (Phi) is 5.27. The lowest BCUT2D eigenvalue weighted by Gasteiger charge is -2.07. The summed E-state index contributed by atoms with van der Waals surface area (Å²) in [6.07, 6.45) is 3.34. The maximum atomic E-state index is 12.0. The molecule has 1 heterocycles. The van der Waals surface area contributed by atoms with E-state index >= 15 is 0 Å². The summed E-state index contributed by atoms with van der Waals surface area (Å²) < 4.78 is 5.01. The first-order valence-electron chi connectivity index (χ1n) is 7.99. The van der Waals surface area contributed by atoms with Crippen molar-refractivity contribution in [3.63, 3.8) is 0 Å². The van der Waals surface area contributed by atoms with Gasteiger partial charge >= 0.3 is 5.97 Å². The van der Waals surface area contributed by atoms with Crippen LogP contribution in [0.2, 0.25) is 0 Å². The minimum absolute atomic E-state index is 0.323. The first-order valence-corrected chi connectivity index (χ1v) is 7.99. The van der Waals surface area contributed by atoms with Crippen LogP contribution in [0.5, 0.6) is 0 Å². The Morgan fingerprint density at radius 3 is 2.26 bits per heavy atom. The number of anilines is 1. The smallest absolute Gasteiger partial charge is 0.338 e. The van der Waals surface area contributed by atoms with Gasteiger partial charge in [0.2, 0.25) is 5.91 Å². The number of primary amides is 1. The second kappa shape index (κ2) is 7.96. The zero-order chi connectivity index (χ0) is 19.2. The Bertz CT molecular complexity index is 948. The number of hydrogen-bond acceptors (Lipinski definition) is 5. The molecule has 8 heteroatoms. The number of esters is 1. The fraction of sp³-hybridized carbons (Fsp3) is 0.0526. The molecule has 0 atom stereocenters. The molecule has 8 nitrogen and oxygen atoms in total. The third kappa shape index (κ3) is 4.57. The van der Waals surface area contributed by atoms with E-state index in [4.69, 9.17) is 10.5 Å². The fourth-order valence-corrected chi connectivity index (χ4v) is 2.32. The van der Waals surface area contributed by atoms with Crippen LogP contribution >= 0.6 is 0 Å². The summed E-state index contributed by atoms with van der Waals surface area (Å²) in [5.41, 5.74) is 7.09. The van der Waals surface area contributed by atoms with Gasteiger partial charge in [0, 0.05) is 29.2 Å². The second-order valence-corrected chi connectivity index (χ2v) is 5.58. The molecule has 0 fully saturated rings. The first-order chi connectivity index (χ1) is 13.0. The molecule has 0 saturated heterocycles. The van der Waals surface area contributed by atoms with E-state index in [2.05, 4.69) is 15.3 Å². The molecule has 0 aliphatic heterocycles. The number of imidazole rings is 1. The van der Waals surface area contributed by atoms with Gasteiger partial charge in [-0.3, -0.25) is 9.59 Å². The van der Waals surface area contributed by atoms with Crippen LogP contribution in [0.4, 0.5) is 5.69 Å². The summed E-state index contributed by atoms with van der Waals surface area (Å²) in [6, 6.07) is 12.7. The molecule has 0 aliphatic rings. The number of nitrogens with one attached hydrogen (secondary N) is 2. The van der Waals surface area contributed by atoms with Crippen molar-refractivity contribution in [1.82, 2.24) is 9.97 Å². The Morgan fingerprint density at radius 2 is 1.67 bits per heavy atom. The highest BCUT2D eigenvalue weighted by Gasteiger charge is 2.11. The number of carbonyl (C=O) groups excluding carboxylic acids is 3. The van der Waals surface area contributed by atoms with Crippen LogP contribution in [0.3, 0.4) is 0 Å². The number of aromatic nitrogens is 2. The third-order valence-electron chi connectivity index (χ3n) is 3.68. The van der Waals surface area contributed by atoms with Gasteiger partial charge in [0.25, 0.3) is 5.91 Å². The monoisotopic (exact) mass is 364 g/mol. The average molecular weight is 364 g/mol. The molecule has 3 rings (SSSR count). The molecule has 0 radical (unpaired) electrons. The first kappa shape index (κ1) is 17.9. The van der Waals surface area contributed by atoms with Gasteiger partial charge in [-0.25, -0.2) is 9.78 Å². The molecule has 0 saturated carbocycles. The number of ether oxygens (including phenoxy) is 1. The van der Waals surface area contributed by atoms with Gasteiger partial charge in [0.05, 0.1) is 5.56 Å². The number of amides is 2. The minimum Gasteiger partial charge on any atom is -0.452 e. The fourth-order valence-electron chi connectivity index (χ4n) is 2.32. The molecule has 4 N–H and O–H groups in total. The van der Waals surface area contributed by atoms with Gasteiger partial charge in [-0.1, -0.05) is 12.1 Å². The second-order valence-electron chi connectivity index (χ2n) is 5.58. The lowest BCUT2D eigenvalue weighted by Crippen LogP contribution is -2.21. The summed E-state index contributed by atoms with van der Waals surface area (Å²) in [4.78, 5) is 42.0. The van der Waals surface area contributed by atoms with E-state index in [-0.39, 0.29) is 0 Å². The molecule has 3 aromatic rings. The highest BCUT2D eigenvalue weighted by molar-refractivity contribution is 5.97. The summed E-state index contributed by atoms with van der Waals surface area (Å²) in [5, 5.41) is 2.56. The van der Waals surface area contributed by atoms with Crippen molar-refractivity contribution in [3.05, 3.63) is 72.1 Å². The minimum atomic E-state index is -0.611.